The number of carbonyl (C=O) groups is 1. The van der Waals surface area contributed by atoms with E-state index in [0.717, 1.165) is 35.2 Å². The van der Waals surface area contributed by atoms with Gasteiger partial charge in [-0.3, -0.25) is 4.79 Å². The van der Waals surface area contributed by atoms with Gasteiger partial charge in [0, 0.05) is 18.7 Å². The zero-order valence-corrected chi connectivity index (χ0v) is 18.0. The molecule has 0 atom stereocenters. The second kappa shape index (κ2) is 9.21. The van der Waals surface area contributed by atoms with Crippen LogP contribution in [0.15, 0.2) is 103 Å². The molecule has 1 aliphatic heterocycles. The summed E-state index contributed by atoms with van der Waals surface area (Å²) in [6.45, 7) is 1.98. The number of rotatable bonds is 5. The summed E-state index contributed by atoms with van der Waals surface area (Å²) in [5.74, 6) is 0.00486. The Morgan fingerprint density at radius 3 is 2.41 bits per heavy atom. The molecule has 0 spiro atoms. The van der Waals surface area contributed by atoms with Gasteiger partial charge in [0.2, 0.25) is 5.91 Å². The third-order valence-electron chi connectivity index (χ3n) is 6.13. The van der Waals surface area contributed by atoms with Gasteiger partial charge in [-0.2, -0.15) is 0 Å². The standard InChI is InChI=1S/C29H26N2O/c32-29(31-19-25-14-6-11-22-10-4-5-15-26(22)25)28-20-30-17-16-27(28)24-13-7-12-23(18-24)21-8-2-1-3-9-21/h1-15,18,30H,16-17,19-20H2,(H,31,32). The normalized spacial score (nSPS) is 13.9. The summed E-state index contributed by atoms with van der Waals surface area (Å²) in [4.78, 5) is 13.2. The van der Waals surface area contributed by atoms with Gasteiger partial charge in [0.15, 0.2) is 0 Å². The van der Waals surface area contributed by atoms with Gasteiger partial charge in [0.05, 0.1) is 0 Å². The van der Waals surface area contributed by atoms with Gasteiger partial charge in [-0.25, -0.2) is 0 Å². The first-order valence-electron chi connectivity index (χ1n) is 11.1. The van der Waals surface area contributed by atoms with E-state index in [1.54, 1.807) is 0 Å². The van der Waals surface area contributed by atoms with Gasteiger partial charge in [-0.15, -0.1) is 0 Å². The highest BCUT2D eigenvalue weighted by atomic mass is 16.1. The lowest BCUT2D eigenvalue weighted by atomic mass is 9.91. The third kappa shape index (κ3) is 4.20. The van der Waals surface area contributed by atoms with Gasteiger partial charge >= 0.3 is 0 Å². The van der Waals surface area contributed by atoms with Crippen molar-refractivity contribution in [2.45, 2.75) is 13.0 Å². The molecule has 0 unspecified atom stereocenters. The van der Waals surface area contributed by atoms with E-state index < -0.39 is 0 Å². The molecule has 3 nitrogen and oxygen atoms in total. The van der Waals surface area contributed by atoms with Gasteiger partial charge < -0.3 is 10.6 Å². The monoisotopic (exact) mass is 418 g/mol. The molecule has 0 bridgehead atoms. The van der Waals surface area contributed by atoms with Crippen LogP contribution in [0.4, 0.5) is 0 Å². The van der Waals surface area contributed by atoms with Crippen molar-refractivity contribution in [3.63, 3.8) is 0 Å². The molecule has 0 radical (unpaired) electrons. The number of fused-ring (bicyclic) bond motifs is 1. The lowest BCUT2D eigenvalue weighted by Crippen LogP contribution is -2.34. The van der Waals surface area contributed by atoms with E-state index in [4.69, 9.17) is 0 Å². The van der Waals surface area contributed by atoms with Crippen molar-refractivity contribution >= 4 is 22.3 Å². The quantitative estimate of drug-likeness (QED) is 0.445. The molecule has 4 aromatic carbocycles. The molecule has 2 N–H and O–H groups in total. The molecular weight excluding hydrogens is 392 g/mol. The van der Waals surface area contributed by atoms with Crippen LogP contribution in [0.25, 0.3) is 27.5 Å². The fourth-order valence-corrected chi connectivity index (χ4v) is 4.47. The van der Waals surface area contributed by atoms with Crippen LogP contribution in [0.5, 0.6) is 0 Å². The van der Waals surface area contributed by atoms with Crippen LogP contribution in [0, 0.1) is 0 Å². The fraction of sp³-hybridized carbons (Fsp3) is 0.138. The lowest BCUT2D eigenvalue weighted by Gasteiger charge is -2.22. The van der Waals surface area contributed by atoms with E-state index in [0.29, 0.717) is 13.1 Å². The van der Waals surface area contributed by atoms with Crippen molar-refractivity contribution < 1.29 is 4.79 Å². The molecule has 0 fully saturated rings. The number of amides is 1. The van der Waals surface area contributed by atoms with E-state index in [2.05, 4.69) is 83.4 Å². The maximum Gasteiger partial charge on any atom is 0.249 e. The second-order valence-corrected chi connectivity index (χ2v) is 8.15. The molecule has 158 valence electrons. The highest BCUT2D eigenvalue weighted by molar-refractivity contribution is 6.02. The predicted molar refractivity (Wildman–Crippen MR) is 132 cm³/mol. The van der Waals surface area contributed by atoms with Crippen LogP contribution in [0.1, 0.15) is 17.5 Å². The van der Waals surface area contributed by atoms with Crippen LogP contribution < -0.4 is 10.6 Å². The Kier molecular flexibility index (Phi) is 5.82. The summed E-state index contributed by atoms with van der Waals surface area (Å²) in [5, 5.41) is 8.91. The first-order valence-corrected chi connectivity index (χ1v) is 11.1. The second-order valence-electron chi connectivity index (χ2n) is 8.15. The number of hydrogen-bond acceptors (Lipinski definition) is 2. The SMILES string of the molecule is O=C(NCc1cccc2ccccc12)C1=C(c2cccc(-c3ccccc3)c2)CCNC1. The molecule has 5 rings (SSSR count). The summed E-state index contributed by atoms with van der Waals surface area (Å²) in [5.41, 5.74) is 6.59. The number of nitrogens with one attached hydrogen (secondary N) is 2. The maximum atomic E-state index is 13.2. The van der Waals surface area contributed by atoms with Crippen molar-refractivity contribution in [1.29, 1.82) is 0 Å². The van der Waals surface area contributed by atoms with Gasteiger partial charge in [0.25, 0.3) is 0 Å². The average Bonchev–Trinajstić information content (AvgIpc) is 2.88. The Hall–Kier alpha value is -3.69. The number of carbonyl (C=O) groups excluding carboxylic acids is 1. The van der Waals surface area contributed by atoms with Crippen molar-refractivity contribution in [1.82, 2.24) is 10.6 Å². The first-order chi connectivity index (χ1) is 15.8. The smallest absolute Gasteiger partial charge is 0.249 e. The topological polar surface area (TPSA) is 41.1 Å². The molecule has 0 saturated carbocycles. The zero-order chi connectivity index (χ0) is 21.8. The van der Waals surface area contributed by atoms with Gasteiger partial charge in [0.1, 0.15) is 0 Å². The summed E-state index contributed by atoms with van der Waals surface area (Å²) in [7, 11) is 0. The maximum absolute atomic E-state index is 13.2. The molecule has 1 amide bonds. The highest BCUT2D eigenvalue weighted by Gasteiger charge is 2.20. The third-order valence-corrected chi connectivity index (χ3v) is 6.13. The Bertz CT molecular complexity index is 1290. The molecule has 3 heteroatoms. The first kappa shape index (κ1) is 20.2. The van der Waals surface area contributed by atoms with E-state index in [1.807, 2.05) is 24.3 Å². The van der Waals surface area contributed by atoms with Gasteiger partial charge in [-0.1, -0.05) is 91.0 Å². The minimum atomic E-state index is 0.00486. The van der Waals surface area contributed by atoms with Crippen LogP contribution in [0.3, 0.4) is 0 Å². The molecule has 32 heavy (non-hydrogen) atoms. The largest absolute Gasteiger partial charge is 0.348 e. The van der Waals surface area contributed by atoms with Crippen LogP contribution >= 0.6 is 0 Å². The summed E-state index contributed by atoms with van der Waals surface area (Å²) < 4.78 is 0. The Balaban J connectivity index is 1.42. The van der Waals surface area contributed by atoms with Crippen molar-refractivity contribution in [3.8, 4) is 11.1 Å². The predicted octanol–water partition coefficient (Wildman–Crippen LogP) is 5.57. The van der Waals surface area contributed by atoms with Crippen LogP contribution in [-0.2, 0) is 11.3 Å². The number of benzene rings is 4. The van der Waals surface area contributed by atoms with Crippen molar-refractivity contribution in [3.05, 3.63) is 114 Å². The summed E-state index contributed by atoms with van der Waals surface area (Å²) >= 11 is 0. The zero-order valence-electron chi connectivity index (χ0n) is 18.0. The van der Waals surface area contributed by atoms with Crippen LogP contribution in [-0.4, -0.2) is 19.0 Å². The van der Waals surface area contributed by atoms with Crippen LogP contribution in [0.2, 0.25) is 0 Å². The highest BCUT2D eigenvalue weighted by Crippen LogP contribution is 2.29. The molecule has 1 heterocycles. The molecule has 0 saturated heterocycles. The minimum absolute atomic E-state index is 0.00486. The van der Waals surface area contributed by atoms with Crippen molar-refractivity contribution in [2.24, 2.45) is 0 Å². The summed E-state index contributed by atoms with van der Waals surface area (Å²) in [6.07, 6.45) is 0.843. The van der Waals surface area contributed by atoms with E-state index in [1.165, 1.54) is 21.9 Å². The summed E-state index contributed by atoms with van der Waals surface area (Å²) in [6, 6.07) is 33.4. The van der Waals surface area contributed by atoms with E-state index >= 15 is 0 Å². The molecule has 4 aromatic rings. The average molecular weight is 419 g/mol. The Morgan fingerprint density at radius 1 is 0.781 bits per heavy atom. The Labute approximate surface area is 188 Å². The molecule has 0 aliphatic carbocycles. The Morgan fingerprint density at radius 2 is 1.50 bits per heavy atom. The fourth-order valence-electron chi connectivity index (χ4n) is 4.47. The molecule has 0 aromatic heterocycles. The molecular formula is C29H26N2O. The molecule has 1 aliphatic rings. The lowest BCUT2D eigenvalue weighted by molar-refractivity contribution is -0.117. The van der Waals surface area contributed by atoms with E-state index in [-0.39, 0.29) is 5.91 Å². The number of hydrogen-bond donors (Lipinski definition) is 2. The van der Waals surface area contributed by atoms with Gasteiger partial charge in [-0.05, 0) is 57.6 Å². The minimum Gasteiger partial charge on any atom is -0.348 e. The van der Waals surface area contributed by atoms with E-state index in [9.17, 15) is 4.79 Å². The van der Waals surface area contributed by atoms with Crippen molar-refractivity contribution in [2.75, 3.05) is 13.1 Å².